The lowest BCUT2D eigenvalue weighted by atomic mass is 10.0. The van der Waals surface area contributed by atoms with Crippen LogP contribution in [0.5, 0.6) is 0 Å². The highest BCUT2D eigenvalue weighted by Crippen LogP contribution is 2.39. The van der Waals surface area contributed by atoms with Crippen LogP contribution in [0.1, 0.15) is 5.56 Å². The number of hydrogen-bond acceptors (Lipinski definition) is 3. The van der Waals surface area contributed by atoms with E-state index >= 15 is 0 Å². The molecule has 0 aliphatic rings. The van der Waals surface area contributed by atoms with Crippen LogP contribution >= 0.6 is 0 Å². The van der Waals surface area contributed by atoms with E-state index in [0.29, 0.717) is 0 Å². The Morgan fingerprint density at radius 2 is 1.29 bits per heavy atom. The van der Waals surface area contributed by atoms with Gasteiger partial charge in [-0.25, -0.2) is 14.5 Å². The van der Waals surface area contributed by atoms with Gasteiger partial charge in [0.1, 0.15) is 23.2 Å². The molecule has 8 rings (SSSR count). The van der Waals surface area contributed by atoms with Crippen LogP contribution in [0.3, 0.4) is 0 Å². The molecule has 0 aliphatic heterocycles. The third kappa shape index (κ3) is 3.75. The predicted octanol–water partition coefficient (Wildman–Crippen LogP) is 8.45. The van der Waals surface area contributed by atoms with Crippen molar-refractivity contribution in [1.82, 2.24) is 14.5 Å². The molecule has 0 fully saturated rings. The fourth-order valence-corrected chi connectivity index (χ4v) is 6.13. The first-order chi connectivity index (χ1) is 20.7. The van der Waals surface area contributed by atoms with Gasteiger partial charge in [-0.3, -0.25) is 0 Å². The summed E-state index contributed by atoms with van der Waals surface area (Å²) in [5.74, 6) is 1.08. The number of fused-ring (bicyclic) bond motifs is 4. The normalized spacial score (nSPS) is 11.6. The molecule has 0 unspecified atom stereocenters. The maximum atomic E-state index is 6.54. The molecule has 5 aromatic carbocycles. The van der Waals surface area contributed by atoms with Crippen LogP contribution in [0.25, 0.3) is 72.3 Å². The second-order valence-corrected chi connectivity index (χ2v) is 10.7. The lowest BCUT2D eigenvalue weighted by Crippen LogP contribution is -2.30. The summed E-state index contributed by atoms with van der Waals surface area (Å²) >= 11 is 0. The van der Waals surface area contributed by atoms with Crippen LogP contribution in [0.2, 0.25) is 0 Å². The van der Waals surface area contributed by atoms with Crippen molar-refractivity contribution in [1.29, 1.82) is 0 Å². The van der Waals surface area contributed by atoms with Crippen molar-refractivity contribution < 1.29 is 8.98 Å². The van der Waals surface area contributed by atoms with E-state index in [-0.39, 0.29) is 0 Å². The molecular weight excluding hydrogens is 516 g/mol. The monoisotopic (exact) mass is 543 g/mol. The van der Waals surface area contributed by atoms with Crippen LogP contribution in [-0.2, 0) is 7.05 Å². The molecule has 0 radical (unpaired) electrons. The Balaban J connectivity index is 1.29. The Morgan fingerprint density at radius 3 is 2.05 bits per heavy atom. The Kier molecular flexibility index (Phi) is 5.50. The van der Waals surface area contributed by atoms with E-state index in [1.807, 2.05) is 24.5 Å². The number of aryl methyl sites for hydroxylation is 2. The van der Waals surface area contributed by atoms with E-state index in [0.717, 1.165) is 72.3 Å². The van der Waals surface area contributed by atoms with Gasteiger partial charge in [0, 0.05) is 28.7 Å². The van der Waals surface area contributed by atoms with E-state index in [1.165, 1.54) is 5.56 Å². The quantitative estimate of drug-likeness (QED) is 0.209. The molecule has 3 heterocycles. The molecule has 5 nitrogen and oxygen atoms in total. The zero-order valence-corrected chi connectivity index (χ0v) is 23.3. The topological polar surface area (TPSA) is 47.7 Å². The number of hydrogen-bond donors (Lipinski definition) is 0. The van der Waals surface area contributed by atoms with Gasteiger partial charge in [0.2, 0.25) is 0 Å². The maximum absolute atomic E-state index is 6.54. The van der Waals surface area contributed by atoms with Crippen LogP contribution in [-0.4, -0.2) is 14.5 Å². The van der Waals surface area contributed by atoms with E-state index in [2.05, 4.69) is 130 Å². The fourth-order valence-electron chi connectivity index (χ4n) is 6.13. The largest absolute Gasteiger partial charge is 0.455 e. The minimum Gasteiger partial charge on any atom is -0.455 e. The average Bonchev–Trinajstić information content (AvgIpc) is 3.57. The highest BCUT2D eigenvalue weighted by Gasteiger charge is 2.30. The second-order valence-electron chi connectivity index (χ2n) is 10.7. The van der Waals surface area contributed by atoms with Crippen molar-refractivity contribution >= 4 is 33.0 Å². The Bertz CT molecular complexity index is 2240. The Hall–Kier alpha value is -5.55. The smallest absolute Gasteiger partial charge is 0.298 e. The molecule has 0 aliphatic carbocycles. The van der Waals surface area contributed by atoms with E-state index in [1.54, 1.807) is 6.33 Å². The number of imidazole rings is 1. The lowest BCUT2D eigenvalue weighted by molar-refractivity contribution is -0.633. The number of furan rings is 1. The zero-order chi connectivity index (χ0) is 28.2. The summed E-state index contributed by atoms with van der Waals surface area (Å²) in [5, 5.41) is 2.26. The van der Waals surface area contributed by atoms with E-state index in [4.69, 9.17) is 4.42 Å². The molecule has 0 saturated heterocycles. The molecule has 0 spiro atoms. The van der Waals surface area contributed by atoms with Crippen molar-refractivity contribution in [2.75, 3.05) is 0 Å². The summed E-state index contributed by atoms with van der Waals surface area (Å²) in [6.07, 6.45) is 5.23. The van der Waals surface area contributed by atoms with Crippen molar-refractivity contribution in [3.05, 3.63) is 133 Å². The van der Waals surface area contributed by atoms with Gasteiger partial charge in [0.05, 0.1) is 7.05 Å². The maximum Gasteiger partial charge on any atom is 0.298 e. The van der Waals surface area contributed by atoms with Gasteiger partial charge in [0.15, 0.2) is 16.6 Å². The summed E-state index contributed by atoms with van der Waals surface area (Å²) in [7, 11) is 2.14. The van der Waals surface area contributed by atoms with Crippen LogP contribution < -0.4 is 4.57 Å². The van der Waals surface area contributed by atoms with Gasteiger partial charge in [0.25, 0.3) is 5.82 Å². The van der Waals surface area contributed by atoms with Crippen LogP contribution in [0, 0.1) is 6.92 Å². The fraction of sp³-hybridized carbons (Fsp3) is 0.0541. The second kappa shape index (κ2) is 9.53. The Morgan fingerprint density at radius 1 is 0.643 bits per heavy atom. The molecule has 3 aromatic heterocycles. The van der Waals surface area contributed by atoms with Crippen molar-refractivity contribution in [3.8, 4) is 39.3 Å². The number of nitrogens with zero attached hydrogens (tertiary/aromatic N) is 4. The van der Waals surface area contributed by atoms with Crippen molar-refractivity contribution in [2.24, 2.45) is 7.05 Å². The molecule has 42 heavy (non-hydrogen) atoms. The van der Waals surface area contributed by atoms with Gasteiger partial charge >= 0.3 is 0 Å². The highest BCUT2D eigenvalue weighted by molar-refractivity contribution is 6.09. The molecule has 0 bridgehead atoms. The summed E-state index contributed by atoms with van der Waals surface area (Å²) in [6.45, 7) is 2.16. The molecule has 0 atom stereocenters. The van der Waals surface area contributed by atoms with Crippen molar-refractivity contribution in [2.45, 2.75) is 6.92 Å². The van der Waals surface area contributed by atoms with Crippen LogP contribution in [0.15, 0.2) is 132 Å². The summed E-state index contributed by atoms with van der Waals surface area (Å²) in [4.78, 5) is 8.29. The zero-order valence-electron chi connectivity index (χ0n) is 23.3. The first kappa shape index (κ1) is 24.3. The SMILES string of the molecule is Cc1ccc2c(oc3ccccc32)c1-c1n(-c2ccc(-c3ccc(-c4cncnc4)cc3)cc2)c2ccccc2[n+]1C. The molecular formula is C37H27N4O+. The van der Waals surface area contributed by atoms with E-state index < -0.39 is 0 Å². The molecule has 0 saturated carbocycles. The molecule has 200 valence electrons. The van der Waals surface area contributed by atoms with Gasteiger partial charge in [-0.2, -0.15) is 4.57 Å². The summed E-state index contributed by atoms with van der Waals surface area (Å²) in [5.41, 5.74) is 11.9. The Labute approximate surface area is 243 Å². The standard InChI is InChI=1S/C37H27N4O/c1-24-11-20-31-30-7-3-6-10-34(30)42-36(31)35(24)37-40(2)32-8-4-5-9-33(32)41(37)29-18-16-26(17-19-29)25-12-14-27(15-13-25)28-21-38-23-39-22-28/h3-23H,1-2H3/q+1. The molecule has 8 aromatic rings. The molecule has 0 amide bonds. The predicted molar refractivity (Wildman–Crippen MR) is 168 cm³/mol. The third-order valence-electron chi connectivity index (χ3n) is 8.23. The number of rotatable bonds is 4. The molecule has 5 heteroatoms. The van der Waals surface area contributed by atoms with E-state index in [9.17, 15) is 0 Å². The number of para-hydroxylation sites is 3. The first-order valence-electron chi connectivity index (χ1n) is 14.0. The number of benzene rings is 5. The highest BCUT2D eigenvalue weighted by atomic mass is 16.3. The molecule has 0 N–H and O–H groups in total. The summed E-state index contributed by atoms with van der Waals surface area (Å²) < 4.78 is 11.2. The minimum atomic E-state index is 0.903. The van der Waals surface area contributed by atoms with Crippen molar-refractivity contribution in [3.63, 3.8) is 0 Å². The number of aromatic nitrogens is 4. The lowest BCUT2D eigenvalue weighted by Gasteiger charge is -2.09. The van der Waals surface area contributed by atoms with Gasteiger partial charge in [-0.1, -0.05) is 78.9 Å². The minimum absolute atomic E-state index is 0.903. The van der Waals surface area contributed by atoms with Gasteiger partial charge in [-0.05, 0) is 59.5 Å². The average molecular weight is 544 g/mol. The summed E-state index contributed by atoms with van der Waals surface area (Å²) in [6, 6.07) is 38.6. The van der Waals surface area contributed by atoms with Gasteiger partial charge < -0.3 is 4.42 Å². The van der Waals surface area contributed by atoms with Gasteiger partial charge in [-0.15, -0.1) is 0 Å². The van der Waals surface area contributed by atoms with Crippen LogP contribution in [0.4, 0.5) is 0 Å². The first-order valence-corrected chi connectivity index (χ1v) is 14.0. The third-order valence-corrected chi connectivity index (χ3v) is 8.23.